The predicted octanol–water partition coefficient (Wildman–Crippen LogP) is 8.61. The van der Waals surface area contributed by atoms with Crippen LogP contribution in [0.15, 0.2) is 97.1 Å². The average molecular weight is 441 g/mol. The summed E-state index contributed by atoms with van der Waals surface area (Å²) in [5.41, 5.74) is 7.27. The van der Waals surface area contributed by atoms with Crippen molar-refractivity contribution >= 4 is 43.6 Å². The van der Waals surface area contributed by atoms with Crippen LogP contribution in [0.5, 0.6) is 0 Å². The van der Waals surface area contributed by atoms with Gasteiger partial charge in [-0.05, 0) is 60.6 Å². The second-order valence-electron chi connectivity index (χ2n) is 9.33. The molecule has 0 aliphatic carbocycles. The highest BCUT2D eigenvalue weighted by Gasteiger charge is 2.15. The summed E-state index contributed by atoms with van der Waals surface area (Å²) in [6, 6.07) is 34.3. The maximum absolute atomic E-state index is 4.91. The third kappa shape index (κ3) is 3.70. The molecule has 2 aromatic heterocycles. The second kappa shape index (κ2) is 8.87. The molecule has 0 amide bonds. The van der Waals surface area contributed by atoms with Gasteiger partial charge in [-0.1, -0.05) is 86.1 Å². The topological polar surface area (TPSA) is 25.8 Å². The first-order valence-electron chi connectivity index (χ1n) is 12.3. The van der Waals surface area contributed by atoms with Gasteiger partial charge in [-0.3, -0.25) is 0 Å². The summed E-state index contributed by atoms with van der Waals surface area (Å²) in [6.07, 6.45) is 4.60. The molecule has 0 aliphatic rings. The van der Waals surface area contributed by atoms with Gasteiger partial charge in [0.25, 0.3) is 0 Å². The highest BCUT2D eigenvalue weighted by molar-refractivity contribution is 5.98. The van der Waals surface area contributed by atoms with E-state index in [9.17, 15) is 0 Å². The van der Waals surface area contributed by atoms with Crippen LogP contribution >= 0.6 is 0 Å². The summed E-state index contributed by atoms with van der Waals surface area (Å²) in [6.45, 7) is 2.38. The van der Waals surface area contributed by atoms with Gasteiger partial charge in [0.2, 0.25) is 0 Å². The van der Waals surface area contributed by atoms with E-state index in [2.05, 4.69) is 104 Å². The molecular formula is C32H28N2. The van der Waals surface area contributed by atoms with Crippen molar-refractivity contribution in [1.82, 2.24) is 9.97 Å². The molecule has 0 saturated heterocycles. The third-order valence-electron chi connectivity index (χ3n) is 7.14. The first kappa shape index (κ1) is 20.8. The van der Waals surface area contributed by atoms with Crippen molar-refractivity contribution in [3.8, 4) is 0 Å². The van der Waals surface area contributed by atoms with Crippen molar-refractivity contribution < 1.29 is 0 Å². The smallest absolute Gasteiger partial charge is 0.0712 e. The lowest BCUT2D eigenvalue weighted by Crippen LogP contribution is -2.00. The molecule has 1 atom stereocenters. The Balaban J connectivity index is 1.27. The summed E-state index contributed by atoms with van der Waals surface area (Å²) in [4.78, 5) is 9.80. The van der Waals surface area contributed by atoms with Crippen LogP contribution in [0.1, 0.15) is 43.2 Å². The van der Waals surface area contributed by atoms with Crippen molar-refractivity contribution in [3.63, 3.8) is 0 Å². The lowest BCUT2D eigenvalue weighted by Gasteiger charge is -2.18. The number of pyridine rings is 2. The molecular weight excluding hydrogens is 412 g/mol. The van der Waals surface area contributed by atoms with E-state index in [0.717, 1.165) is 28.5 Å². The number of benzene rings is 4. The fourth-order valence-electron chi connectivity index (χ4n) is 5.50. The third-order valence-corrected chi connectivity index (χ3v) is 7.14. The molecule has 2 nitrogen and oxygen atoms in total. The van der Waals surface area contributed by atoms with Crippen LogP contribution in [0.2, 0.25) is 0 Å². The zero-order valence-electron chi connectivity index (χ0n) is 19.5. The van der Waals surface area contributed by atoms with Crippen molar-refractivity contribution in [2.45, 2.75) is 38.5 Å². The number of hydrogen-bond acceptors (Lipinski definition) is 2. The minimum Gasteiger partial charge on any atom is -0.248 e. The van der Waals surface area contributed by atoms with Gasteiger partial charge >= 0.3 is 0 Å². The Bertz CT molecular complexity index is 1530. The maximum atomic E-state index is 4.91. The molecule has 6 rings (SSSR count). The van der Waals surface area contributed by atoms with Crippen LogP contribution in [0, 0.1) is 0 Å². The van der Waals surface area contributed by atoms with Gasteiger partial charge in [0, 0.05) is 21.5 Å². The predicted molar refractivity (Wildman–Crippen MR) is 144 cm³/mol. The van der Waals surface area contributed by atoms with E-state index in [1.807, 2.05) is 0 Å². The first-order valence-corrected chi connectivity index (χ1v) is 12.3. The minimum atomic E-state index is 0.476. The number of fused-ring (bicyclic) bond motifs is 4. The van der Waals surface area contributed by atoms with Crippen LogP contribution in [0.4, 0.5) is 0 Å². The molecule has 0 fully saturated rings. The number of nitrogens with zero attached hydrogens (tertiary/aromatic N) is 2. The molecule has 4 aromatic carbocycles. The number of aryl methyl sites for hydroxylation is 1. The second-order valence-corrected chi connectivity index (χ2v) is 9.33. The molecule has 34 heavy (non-hydrogen) atoms. The molecule has 0 spiro atoms. The molecule has 1 unspecified atom stereocenters. The van der Waals surface area contributed by atoms with Gasteiger partial charge in [-0.15, -0.1) is 0 Å². The standard InChI is InChI=1S/C32H28N2/c1-22(32-26-16-6-10-20-30(26)34-31-21-11-7-17-27(31)32)12-2-3-13-23-24-14-4-8-18-28(24)33-29-19-9-5-15-25(23)29/h4-11,14-22H,2-3,12-13H2,1H3. The fraction of sp³-hybridized carbons (Fsp3) is 0.188. The number of hydrogen-bond donors (Lipinski definition) is 0. The van der Waals surface area contributed by atoms with Gasteiger partial charge in [0.1, 0.15) is 0 Å². The summed E-state index contributed by atoms with van der Waals surface area (Å²) in [5, 5.41) is 5.17. The molecule has 2 heterocycles. The van der Waals surface area contributed by atoms with E-state index in [-0.39, 0.29) is 0 Å². The van der Waals surface area contributed by atoms with Gasteiger partial charge in [-0.25, -0.2) is 9.97 Å². The van der Waals surface area contributed by atoms with Crippen molar-refractivity contribution in [1.29, 1.82) is 0 Å². The van der Waals surface area contributed by atoms with Gasteiger partial charge < -0.3 is 0 Å². The van der Waals surface area contributed by atoms with E-state index >= 15 is 0 Å². The monoisotopic (exact) mass is 440 g/mol. The fourth-order valence-corrected chi connectivity index (χ4v) is 5.50. The number of para-hydroxylation sites is 4. The lowest BCUT2D eigenvalue weighted by atomic mass is 9.88. The Morgan fingerprint density at radius 1 is 0.529 bits per heavy atom. The van der Waals surface area contributed by atoms with E-state index in [1.54, 1.807) is 0 Å². The quantitative estimate of drug-likeness (QED) is 0.191. The van der Waals surface area contributed by atoms with Gasteiger partial charge in [0.15, 0.2) is 0 Å². The number of rotatable bonds is 6. The summed E-state index contributed by atoms with van der Waals surface area (Å²) >= 11 is 0. The molecule has 0 bridgehead atoms. The van der Waals surface area contributed by atoms with Crippen molar-refractivity contribution in [2.24, 2.45) is 0 Å². The number of unbranched alkanes of at least 4 members (excludes halogenated alkanes) is 1. The van der Waals surface area contributed by atoms with Crippen LogP contribution in [0.3, 0.4) is 0 Å². The Kier molecular flexibility index (Phi) is 5.43. The van der Waals surface area contributed by atoms with E-state index in [4.69, 9.17) is 9.97 Å². The summed E-state index contributed by atoms with van der Waals surface area (Å²) < 4.78 is 0. The Morgan fingerprint density at radius 3 is 1.44 bits per heavy atom. The highest BCUT2D eigenvalue weighted by atomic mass is 14.7. The molecule has 6 aromatic rings. The molecule has 2 heteroatoms. The van der Waals surface area contributed by atoms with E-state index in [1.165, 1.54) is 51.9 Å². The Labute approximate surface area is 200 Å². The van der Waals surface area contributed by atoms with Crippen LogP contribution in [-0.4, -0.2) is 9.97 Å². The Hall–Kier alpha value is -3.78. The normalized spacial score (nSPS) is 12.6. The minimum absolute atomic E-state index is 0.476. The van der Waals surface area contributed by atoms with Crippen molar-refractivity contribution in [2.75, 3.05) is 0 Å². The summed E-state index contributed by atoms with van der Waals surface area (Å²) in [7, 11) is 0. The molecule has 0 saturated carbocycles. The van der Waals surface area contributed by atoms with Crippen LogP contribution in [-0.2, 0) is 6.42 Å². The van der Waals surface area contributed by atoms with Gasteiger partial charge in [0.05, 0.1) is 22.1 Å². The molecule has 0 N–H and O–H groups in total. The zero-order valence-corrected chi connectivity index (χ0v) is 19.5. The summed E-state index contributed by atoms with van der Waals surface area (Å²) in [5.74, 6) is 0.476. The molecule has 0 radical (unpaired) electrons. The zero-order chi connectivity index (χ0) is 22.9. The lowest BCUT2D eigenvalue weighted by molar-refractivity contribution is 0.610. The first-order chi connectivity index (χ1) is 16.8. The SMILES string of the molecule is CC(CCCCc1c2ccccc2nc2ccccc12)c1c2ccccc2nc2ccccc12. The average Bonchev–Trinajstić information content (AvgIpc) is 2.89. The van der Waals surface area contributed by atoms with Crippen molar-refractivity contribution in [3.05, 3.63) is 108 Å². The van der Waals surface area contributed by atoms with Crippen LogP contribution in [0.25, 0.3) is 43.6 Å². The van der Waals surface area contributed by atoms with E-state index in [0.29, 0.717) is 5.92 Å². The van der Waals surface area contributed by atoms with Crippen LogP contribution < -0.4 is 0 Å². The van der Waals surface area contributed by atoms with Gasteiger partial charge in [-0.2, -0.15) is 0 Å². The van der Waals surface area contributed by atoms with E-state index < -0.39 is 0 Å². The number of aromatic nitrogens is 2. The molecule has 166 valence electrons. The molecule has 0 aliphatic heterocycles. The largest absolute Gasteiger partial charge is 0.248 e. The maximum Gasteiger partial charge on any atom is 0.0712 e. The Morgan fingerprint density at radius 2 is 0.941 bits per heavy atom. The highest BCUT2D eigenvalue weighted by Crippen LogP contribution is 2.35.